The third kappa shape index (κ3) is 3.26. The molecular formula is C9H10Cl2O3S. The van der Waals surface area contributed by atoms with Crippen LogP contribution in [0.3, 0.4) is 0 Å². The Morgan fingerprint density at radius 3 is 2.40 bits per heavy atom. The monoisotopic (exact) mass is 268 g/mol. The van der Waals surface area contributed by atoms with Crippen molar-refractivity contribution in [2.75, 3.05) is 0 Å². The van der Waals surface area contributed by atoms with Crippen LogP contribution in [-0.2, 0) is 9.05 Å². The van der Waals surface area contributed by atoms with Crippen molar-refractivity contribution in [1.29, 1.82) is 0 Å². The van der Waals surface area contributed by atoms with Crippen molar-refractivity contribution in [2.45, 2.75) is 24.8 Å². The summed E-state index contributed by atoms with van der Waals surface area (Å²) in [5.74, 6) is 0.101. The quantitative estimate of drug-likeness (QED) is 0.792. The average Bonchev–Trinajstić information content (AvgIpc) is 2.05. The second-order valence-electron chi connectivity index (χ2n) is 3.17. The predicted octanol–water partition coefficient (Wildman–Crippen LogP) is 3.05. The van der Waals surface area contributed by atoms with E-state index in [4.69, 9.17) is 27.0 Å². The van der Waals surface area contributed by atoms with E-state index < -0.39 is 9.05 Å². The minimum atomic E-state index is -3.84. The Morgan fingerprint density at radius 1 is 1.33 bits per heavy atom. The van der Waals surface area contributed by atoms with Crippen LogP contribution in [0.4, 0.5) is 0 Å². The smallest absolute Gasteiger partial charge is 0.265 e. The van der Waals surface area contributed by atoms with E-state index in [1.807, 2.05) is 0 Å². The Kier molecular flexibility index (Phi) is 3.87. The number of para-hydroxylation sites is 1. The van der Waals surface area contributed by atoms with E-state index in [0.29, 0.717) is 0 Å². The molecule has 0 aliphatic heterocycles. The van der Waals surface area contributed by atoms with Gasteiger partial charge in [0, 0.05) is 10.7 Å². The van der Waals surface area contributed by atoms with Crippen LogP contribution in [0.25, 0.3) is 0 Å². The number of benzene rings is 1. The van der Waals surface area contributed by atoms with Crippen LogP contribution < -0.4 is 4.74 Å². The molecule has 0 N–H and O–H groups in total. The van der Waals surface area contributed by atoms with E-state index in [2.05, 4.69) is 0 Å². The highest BCUT2D eigenvalue weighted by Gasteiger charge is 2.19. The van der Waals surface area contributed by atoms with Gasteiger partial charge in [-0.25, -0.2) is 8.42 Å². The average molecular weight is 269 g/mol. The number of halogens is 2. The lowest BCUT2D eigenvalue weighted by Gasteiger charge is -2.13. The number of ether oxygens (including phenoxy) is 1. The minimum Gasteiger partial charge on any atom is -0.488 e. The van der Waals surface area contributed by atoms with Crippen LogP contribution >= 0.6 is 22.3 Å². The molecule has 0 fully saturated rings. The Hall–Kier alpha value is -0.450. The highest BCUT2D eigenvalue weighted by molar-refractivity contribution is 8.13. The number of rotatable bonds is 3. The maximum absolute atomic E-state index is 11.2. The molecule has 15 heavy (non-hydrogen) atoms. The lowest BCUT2D eigenvalue weighted by atomic mass is 10.3. The summed E-state index contributed by atoms with van der Waals surface area (Å²) in [5.41, 5.74) is 0. The molecule has 0 spiro atoms. The van der Waals surface area contributed by atoms with Gasteiger partial charge in [-0.3, -0.25) is 0 Å². The van der Waals surface area contributed by atoms with Crippen molar-refractivity contribution in [2.24, 2.45) is 0 Å². The second kappa shape index (κ2) is 4.60. The minimum absolute atomic E-state index is 0.101. The zero-order chi connectivity index (χ0) is 11.6. The Balaban J connectivity index is 3.33. The molecule has 1 aromatic rings. The van der Waals surface area contributed by atoms with E-state index in [9.17, 15) is 8.42 Å². The van der Waals surface area contributed by atoms with Gasteiger partial charge in [-0.1, -0.05) is 17.7 Å². The topological polar surface area (TPSA) is 43.4 Å². The summed E-state index contributed by atoms with van der Waals surface area (Å²) in [5, 5.41) is 0.227. The summed E-state index contributed by atoms with van der Waals surface area (Å²) < 4.78 is 27.7. The molecule has 1 aromatic carbocycles. The Morgan fingerprint density at radius 2 is 1.93 bits per heavy atom. The normalized spacial score (nSPS) is 11.8. The van der Waals surface area contributed by atoms with E-state index >= 15 is 0 Å². The van der Waals surface area contributed by atoms with Gasteiger partial charge in [0.2, 0.25) is 0 Å². The third-order valence-electron chi connectivity index (χ3n) is 1.55. The first-order valence-corrected chi connectivity index (χ1v) is 6.91. The first kappa shape index (κ1) is 12.6. The lowest BCUT2D eigenvalue weighted by Crippen LogP contribution is -2.08. The standard InChI is InChI=1S/C9H10Cl2O3S/c1-6(2)14-9-7(10)4-3-5-8(9)15(11,12)13/h3-6H,1-2H3. The largest absolute Gasteiger partial charge is 0.488 e. The molecule has 84 valence electrons. The van der Waals surface area contributed by atoms with Gasteiger partial charge in [0.05, 0.1) is 11.1 Å². The molecule has 0 saturated carbocycles. The summed E-state index contributed by atoms with van der Waals surface area (Å²) in [7, 11) is 1.41. The molecule has 0 saturated heterocycles. The van der Waals surface area contributed by atoms with E-state index in [0.717, 1.165) is 0 Å². The fraction of sp³-hybridized carbons (Fsp3) is 0.333. The first-order chi connectivity index (χ1) is 6.82. The molecule has 0 aliphatic carbocycles. The fourth-order valence-electron chi connectivity index (χ4n) is 1.03. The van der Waals surface area contributed by atoms with Crippen LogP contribution in [0.2, 0.25) is 5.02 Å². The van der Waals surface area contributed by atoms with Crippen molar-refractivity contribution in [3.63, 3.8) is 0 Å². The van der Waals surface area contributed by atoms with E-state index in [1.165, 1.54) is 12.1 Å². The molecule has 3 nitrogen and oxygen atoms in total. The van der Waals surface area contributed by atoms with Gasteiger partial charge in [-0.15, -0.1) is 0 Å². The Bertz CT molecular complexity index is 454. The summed E-state index contributed by atoms with van der Waals surface area (Å²) >= 11 is 5.83. The zero-order valence-corrected chi connectivity index (χ0v) is 10.5. The third-order valence-corrected chi connectivity index (χ3v) is 3.19. The Labute approximate surface area is 98.4 Å². The predicted molar refractivity (Wildman–Crippen MR) is 60.3 cm³/mol. The highest BCUT2D eigenvalue weighted by atomic mass is 35.7. The molecule has 0 radical (unpaired) electrons. The van der Waals surface area contributed by atoms with Crippen molar-refractivity contribution < 1.29 is 13.2 Å². The van der Waals surface area contributed by atoms with Crippen LogP contribution in [0.5, 0.6) is 5.75 Å². The van der Waals surface area contributed by atoms with Gasteiger partial charge in [0.15, 0.2) is 5.75 Å². The van der Waals surface area contributed by atoms with Gasteiger partial charge in [-0.05, 0) is 26.0 Å². The van der Waals surface area contributed by atoms with Crippen LogP contribution in [0.15, 0.2) is 23.1 Å². The summed E-state index contributed by atoms with van der Waals surface area (Å²) in [6.07, 6.45) is -0.179. The first-order valence-electron chi connectivity index (χ1n) is 4.22. The van der Waals surface area contributed by atoms with Gasteiger partial charge >= 0.3 is 0 Å². The summed E-state index contributed by atoms with van der Waals surface area (Å²) in [6.45, 7) is 3.54. The SMILES string of the molecule is CC(C)Oc1c(Cl)cccc1S(=O)(=O)Cl. The lowest BCUT2D eigenvalue weighted by molar-refractivity contribution is 0.236. The molecule has 0 atom stereocenters. The molecule has 0 aliphatic rings. The molecule has 1 rings (SSSR count). The van der Waals surface area contributed by atoms with E-state index in [1.54, 1.807) is 19.9 Å². The van der Waals surface area contributed by atoms with Crippen molar-refractivity contribution >= 4 is 31.3 Å². The number of hydrogen-bond acceptors (Lipinski definition) is 3. The molecule has 6 heteroatoms. The maximum Gasteiger partial charge on any atom is 0.265 e. The molecule has 0 bridgehead atoms. The van der Waals surface area contributed by atoms with Gasteiger partial charge < -0.3 is 4.74 Å². The van der Waals surface area contributed by atoms with Crippen LogP contribution in [0, 0.1) is 0 Å². The van der Waals surface area contributed by atoms with Gasteiger partial charge in [0.25, 0.3) is 9.05 Å². The van der Waals surface area contributed by atoms with E-state index in [-0.39, 0.29) is 21.8 Å². The number of hydrogen-bond donors (Lipinski definition) is 0. The van der Waals surface area contributed by atoms with Crippen LogP contribution in [-0.4, -0.2) is 14.5 Å². The highest BCUT2D eigenvalue weighted by Crippen LogP contribution is 2.34. The maximum atomic E-state index is 11.2. The van der Waals surface area contributed by atoms with Gasteiger partial charge in [-0.2, -0.15) is 0 Å². The molecule has 0 unspecified atom stereocenters. The van der Waals surface area contributed by atoms with Crippen molar-refractivity contribution in [3.05, 3.63) is 23.2 Å². The molecule has 0 amide bonds. The second-order valence-corrected chi connectivity index (χ2v) is 6.11. The zero-order valence-electron chi connectivity index (χ0n) is 8.20. The van der Waals surface area contributed by atoms with Crippen molar-refractivity contribution in [3.8, 4) is 5.75 Å². The molecule has 0 aromatic heterocycles. The van der Waals surface area contributed by atoms with Crippen molar-refractivity contribution in [1.82, 2.24) is 0 Å². The molecular weight excluding hydrogens is 259 g/mol. The van der Waals surface area contributed by atoms with Crippen LogP contribution in [0.1, 0.15) is 13.8 Å². The summed E-state index contributed by atoms with van der Waals surface area (Å²) in [4.78, 5) is -0.106. The molecule has 0 heterocycles. The fourth-order valence-corrected chi connectivity index (χ4v) is 2.29. The summed E-state index contributed by atoms with van der Waals surface area (Å²) in [6, 6.07) is 4.40. The van der Waals surface area contributed by atoms with Gasteiger partial charge in [0.1, 0.15) is 4.90 Å².